The number of hydrogen-bond donors (Lipinski definition) is 1. The maximum Gasteiger partial charge on any atom is 0.221 e. The minimum absolute atomic E-state index is 0.649. The lowest BCUT2D eigenvalue weighted by Crippen LogP contribution is -2.13. The van der Waals surface area contributed by atoms with E-state index in [0.717, 1.165) is 49.2 Å². The van der Waals surface area contributed by atoms with Crippen LogP contribution in [-0.4, -0.2) is 17.4 Å². The number of halogens is 1. The van der Waals surface area contributed by atoms with Crippen molar-refractivity contribution in [3.8, 4) is 0 Å². The number of hydrogen-bond acceptors (Lipinski definition) is 3. The molecule has 18 heavy (non-hydrogen) atoms. The van der Waals surface area contributed by atoms with E-state index in [4.69, 9.17) is 16.0 Å². The predicted octanol–water partition coefficient (Wildman–Crippen LogP) is 3.98. The summed E-state index contributed by atoms with van der Waals surface area (Å²) in [5.41, 5.74) is 4.05. The molecule has 1 atom stereocenters. The molecule has 3 rings (SSSR count). The fourth-order valence-electron chi connectivity index (χ4n) is 3.24. The summed E-state index contributed by atoms with van der Waals surface area (Å²) in [5.74, 6) is 3.01. The number of aryl methyl sites for hydroxylation is 1. The van der Waals surface area contributed by atoms with Crippen LogP contribution in [0.2, 0.25) is 0 Å². The lowest BCUT2D eigenvalue weighted by atomic mass is 9.79. The Morgan fingerprint density at radius 3 is 3.17 bits per heavy atom. The van der Waals surface area contributed by atoms with E-state index in [2.05, 4.69) is 10.3 Å². The summed E-state index contributed by atoms with van der Waals surface area (Å²) in [6.45, 7) is 2.86. The average Bonchev–Trinajstić information content (AvgIpc) is 2.64. The number of aromatic nitrogens is 1. The Morgan fingerprint density at radius 2 is 2.33 bits per heavy atom. The third-order valence-corrected chi connectivity index (χ3v) is 4.24. The number of anilines is 1. The standard InChI is InChI=1S/C14H19ClN2O/c1-9-17-13-12-4-2-3-10(5-7-15)11(12)6-8-16-14(13)18-9/h10,16H,2-8H2,1H3. The summed E-state index contributed by atoms with van der Waals surface area (Å²) in [5, 5.41) is 3.36. The first-order chi connectivity index (χ1) is 8.79. The number of fused-ring (bicyclic) bond motifs is 2. The summed E-state index contributed by atoms with van der Waals surface area (Å²) < 4.78 is 5.65. The molecule has 0 saturated carbocycles. The molecule has 0 fully saturated rings. The zero-order chi connectivity index (χ0) is 12.5. The number of alkyl halides is 1. The highest BCUT2D eigenvalue weighted by molar-refractivity contribution is 6.17. The molecule has 1 aromatic heterocycles. The molecule has 4 heteroatoms. The van der Waals surface area contributed by atoms with Crippen molar-refractivity contribution in [2.24, 2.45) is 5.92 Å². The van der Waals surface area contributed by atoms with Gasteiger partial charge in [-0.2, -0.15) is 0 Å². The molecule has 1 N–H and O–H groups in total. The van der Waals surface area contributed by atoms with Crippen LogP contribution in [0.3, 0.4) is 0 Å². The topological polar surface area (TPSA) is 38.1 Å². The molecular formula is C14H19ClN2O. The van der Waals surface area contributed by atoms with E-state index < -0.39 is 0 Å². The van der Waals surface area contributed by atoms with Crippen LogP contribution in [0.5, 0.6) is 0 Å². The van der Waals surface area contributed by atoms with Gasteiger partial charge >= 0.3 is 0 Å². The van der Waals surface area contributed by atoms with Gasteiger partial charge in [0.2, 0.25) is 5.88 Å². The molecule has 0 amide bonds. The molecule has 1 aliphatic heterocycles. The quantitative estimate of drug-likeness (QED) is 0.823. The fraction of sp³-hybridized carbons (Fsp3) is 0.643. The summed E-state index contributed by atoms with van der Waals surface area (Å²) in [6.07, 6.45) is 5.84. The second kappa shape index (κ2) is 4.96. The lowest BCUT2D eigenvalue weighted by Gasteiger charge is -2.26. The molecule has 0 bridgehead atoms. The smallest absolute Gasteiger partial charge is 0.221 e. The first kappa shape index (κ1) is 12.1. The highest BCUT2D eigenvalue weighted by Crippen LogP contribution is 2.42. The van der Waals surface area contributed by atoms with Crippen molar-refractivity contribution in [1.82, 2.24) is 4.98 Å². The summed E-state index contributed by atoms with van der Waals surface area (Å²) >= 11 is 5.94. The van der Waals surface area contributed by atoms with Crippen molar-refractivity contribution in [3.63, 3.8) is 0 Å². The van der Waals surface area contributed by atoms with Gasteiger partial charge in [-0.3, -0.25) is 0 Å². The molecule has 1 aliphatic carbocycles. The molecule has 3 nitrogen and oxygen atoms in total. The van der Waals surface area contributed by atoms with Gasteiger partial charge in [-0.25, -0.2) is 4.98 Å². The summed E-state index contributed by atoms with van der Waals surface area (Å²) in [4.78, 5) is 4.57. The largest absolute Gasteiger partial charge is 0.425 e. The van der Waals surface area contributed by atoms with Crippen molar-refractivity contribution < 1.29 is 4.42 Å². The van der Waals surface area contributed by atoms with Gasteiger partial charge in [-0.1, -0.05) is 5.57 Å². The van der Waals surface area contributed by atoms with E-state index in [0.29, 0.717) is 5.92 Å². The van der Waals surface area contributed by atoms with Crippen LogP contribution in [-0.2, 0) is 0 Å². The third kappa shape index (κ3) is 2.05. The minimum Gasteiger partial charge on any atom is -0.425 e. The van der Waals surface area contributed by atoms with Gasteiger partial charge < -0.3 is 9.73 Å². The molecule has 0 saturated heterocycles. The van der Waals surface area contributed by atoms with E-state index in [9.17, 15) is 0 Å². The van der Waals surface area contributed by atoms with Crippen LogP contribution in [0.1, 0.15) is 43.7 Å². The van der Waals surface area contributed by atoms with E-state index in [1.807, 2.05) is 6.92 Å². The van der Waals surface area contributed by atoms with Gasteiger partial charge in [0.25, 0.3) is 0 Å². The van der Waals surface area contributed by atoms with Crippen LogP contribution in [0, 0.1) is 12.8 Å². The highest BCUT2D eigenvalue weighted by atomic mass is 35.5. The van der Waals surface area contributed by atoms with Crippen molar-refractivity contribution in [1.29, 1.82) is 0 Å². The first-order valence-corrected chi connectivity index (χ1v) is 7.32. The Labute approximate surface area is 113 Å². The number of oxazole rings is 1. The van der Waals surface area contributed by atoms with E-state index in [1.54, 1.807) is 5.57 Å². The van der Waals surface area contributed by atoms with Crippen molar-refractivity contribution in [2.45, 2.75) is 39.0 Å². The Kier molecular flexibility index (Phi) is 3.33. The normalized spacial score (nSPS) is 23.1. The zero-order valence-corrected chi connectivity index (χ0v) is 11.5. The SMILES string of the molecule is Cc1nc2c(o1)NCCC1=C2CCCC1CCCl. The monoisotopic (exact) mass is 266 g/mol. The Hall–Kier alpha value is -0.960. The second-order valence-corrected chi connectivity index (χ2v) is 5.54. The Bertz CT molecular complexity index is 478. The molecule has 0 aromatic carbocycles. The van der Waals surface area contributed by atoms with Crippen molar-refractivity contribution in [3.05, 3.63) is 17.2 Å². The van der Waals surface area contributed by atoms with Gasteiger partial charge in [-0.05, 0) is 43.6 Å². The Morgan fingerprint density at radius 1 is 1.44 bits per heavy atom. The van der Waals surface area contributed by atoms with Gasteiger partial charge in [0.05, 0.1) is 0 Å². The van der Waals surface area contributed by atoms with Crippen molar-refractivity contribution in [2.75, 3.05) is 17.7 Å². The van der Waals surface area contributed by atoms with Crippen LogP contribution >= 0.6 is 11.6 Å². The number of nitrogens with zero attached hydrogens (tertiary/aromatic N) is 1. The maximum atomic E-state index is 5.94. The molecule has 98 valence electrons. The third-order valence-electron chi connectivity index (χ3n) is 4.02. The van der Waals surface area contributed by atoms with Crippen LogP contribution in [0.15, 0.2) is 9.99 Å². The number of rotatable bonds is 2. The number of nitrogens with one attached hydrogen (secondary N) is 1. The molecule has 0 radical (unpaired) electrons. The summed E-state index contributed by atoms with van der Waals surface area (Å²) in [7, 11) is 0. The highest BCUT2D eigenvalue weighted by Gasteiger charge is 2.28. The van der Waals surface area contributed by atoms with Crippen LogP contribution in [0.4, 0.5) is 5.88 Å². The van der Waals surface area contributed by atoms with E-state index >= 15 is 0 Å². The molecule has 1 unspecified atom stereocenters. The first-order valence-electron chi connectivity index (χ1n) is 6.79. The average molecular weight is 267 g/mol. The fourth-order valence-corrected chi connectivity index (χ4v) is 3.51. The molecule has 1 aromatic rings. The molecule has 0 spiro atoms. The van der Waals surface area contributed by atoms with Gasteiger partial charge in [0.1, 0.15) is 5.69 Å². The molecule has 2 aliphatic rings. The predicted molar refractivity (Wildman–Crippen MR) is 73.9 cm³/mol. The Balaban J connectivity index is 2.04. The lowest BCUT2D eigenvalue weighted by molar-refractivity contribution is 0.492. The van der Waals surface area contributed by atoms with E-state index in [1.165, 1.54) is 18.4 Å². The van der Waals surface area contributed by atoms with Gasteiger partial charge in [-0.15, -0.1) is 11.6 Å². The zero-order valence-electron chi connectivity index (χ0n) is 10.8. The molecular weight excluding hydrogens is 248 g/mol. The number of allylic oxidation sites excluding steroid dienone is 1. The van der Waals surface area contributed by atoms with Crippen LogP contribution in [0.25, 0.3) is 5.57 Å². The maximum absolute atomic E-state index is 5.94. The van der Waals surface area contributed by atoms with Gasteiger partial charge in [0.15, 0.2) is 5.89 Å². The van der Waals surface area contributed by atoms with Crippen molar-refractivity contribution >= 4 is 23.1 Å². The minimum atomic E-state index is 0.649. The van der Waals surface area contributed by atoms with Crippen LogP contribution < -0.4 is 5.32 Å². The second-order valence-electron chi connectivity index (χ2n) is 5.16. The van der Waals surface area contributed by atoms with Gasteiger partial charge in [0, 0.05) is 19.3 Å². The van der Waals surface area contributed by atoms with E-state index in [-0.39, 0.29) is 0 Å². The molecule has 2 heterocycles. The summed E-state index contributed by atoms with van der Waals surface area (Å²) in [6, 6.07) is 0.